The topological polar surface area (TPSA) is 41.8 Å². The first-order valence-corrected chi connectivity index (χ1v) is 8.32. The number of nitrogens with one attached hydrogen (secondary N) is 1. The van der Waals surface area contributed by atoms with E-state index in [4.69, 9.17) is 12.2 Å². The van der Waals surface area contributed by atoms with Gasteiger partial charge >= 0.3 is 0 Å². The summed E-state index contributed by atoms with van der Waals surface area (Å²) < 4.78 is 5.14. The third-order valence-corrected chi connectivity index (χ3v) is 4.94. The zero-order valence-corrected chi connectivity index (χ0v) is 14.2. The van der Waals surface area contributed by atoms with Crippen molar-refractivity contribution in [2.24, 2.45) is 5.92 Å². The Bertz CT molecular complexity index is 693. The van der Waals surface area contributed by atoms with Gasteiger partial charge < -0.3 is 14.5 Å². The SMILES string of the molecule is CCn1nc(C)c2[nH]c(=S)n(CC3CCN(C(C)C)C3)c21. The summed E-state index contributed by atoms with van der Waals surface area (Å²) in [4.78, 5) is 5.89. The fraction of sp³-hybridized carbons (Fsp3) is 0.733. The number of H-pyrrole nitrogens is 1. The highest BCUT2D eigenvalue weighted by atomic mass is 32.1. The lowest BCUT2D eigenvalue weighted by Crippen LogP contribution is -2.28. The Kier molecular flexibility index (Phi) is 3.92. The van der Waals surface area contributed by atoms with Crippen molar-refractivity contribution in [1.29, 1.82) is 0 Å². The molecule has 2 aromatic rings. The summed E-state index contributed by atoms with van der Waals surface area (Å²) in [5.41, 5.74) is 3.29. The van der Waals surface area contributed by atoms with Gasteiger partial charge in [0.1, 0.15) is 5.52 Å². The number of aromatic nitrogens is 4. The molecule has 6 heteroatoms. The molecule has 1 fully saturated rings. The van der Waals surface area contributed by atoms with Crippen molar-refractivity contribution in [2.45, 2.75) is 53.2 Å². The monoisotopic (exact) mass is 307 g/mol. The summed E-state index contributed by atoms with van der Waals surface area (Å²) in [6.45, 7) is 13.0. The maximum atomic E-state index is 5.54. The molecule has 1 aliphatic heterocycles. The quantitative estimate of drug-likeness (QED) is 0.883. The van der Waals surface area contributed by atoms with Crippen LogP contribution in [0.2, 0.25) is 0 Å². The molecule has 1 N–H and O–H groups in total. The molecule has 0 radical (unpaired) electrons. The Hall–Kier alpha value is -1.14. The highest BCUT2D eigenvalue weighted by molar-refractivity contribution is 7.71. The van der Waals surface area contributed by atoms with Crippen molar-refractivity contribution in [3.05, 3.63) is 10.5 Å². The molecule has 0 aliphatic carbocycles. The molecule has 0 bridgehead atoms. The lowest BCUT2D eigenvalue weighted by Gasteiger charge is -2.20. The number of hydrogen-bond acceptors (Lipinski definition) is 3. The third-order valence-electron chi connectivity index (χ3n) is 4.62. The summed E-state index contributed by atoms with van der Waals surface area (Å²) in [7, 11) is 0. The number of hydrogen-bond donors (Lipinski definition) is 1. The third kappa shape index (κ3) is 2.55. The van der Waals surface area contributed by atoms with E-state index in [2.05, 4.69) is 45.0 Å². The normalized spacial score (nSPS) is 20.1. The number of aromatic amines is 1. The Morgan fingerprint density at radius 3 is 2.81 bits per heavy atom. The predicted molar refractivity (Wildman–Crippen MR) is 88.1 cm³/mol. The van der Waals surface area contributed by atoms with Crippen molar-refractivity contribution < 1.29 is 0 Å². The van der Waals surface area contributed by atoms with Gasteiger partial charge in [0.05, 0.1) is 5.69 Å². The molecule has 1 saturated heterocycles. The van der Waals surface area contributed by atoms with Crippen LogP contribution in [-0.4, -0.2) is 43.4 Å². The second-order valence-electron chi connectivity index (χ2n) is 6.38. The average molecular weight is 307 g/mol. The largest absolute Gasteiger partial charge is 0.328 e. The molecule has 3 heterocycles. The minimum atomic E-state index is 0.637. The Balaban J connectivity index is 1.91. The van der Waals surface area contributed by atoms with Crippen LogP contribution in [0, 0.1) is 17.6 Å². The van der Waals surface area contributed by atoms with Gasteiger partial charge in [-0.3, -0.25) is 0 Å². The van der Waals surface area contributed by atoms with Gasteiger partial charge in [0.15, 0.2) is 10.4 Å². The lowest BCUT2D eigenvalue weighted by atomic mass is 10.1. The van der Waals surface area contributed by atoms with E-state index in [1.165, 1.54) is 19.5 Å². The van der Waals surface area contributed by atoms with Crippen LogP contribution >= 0.6 is 12.2 Å². The number of likely N-dealkylation sites (tertiary alicyclic amines) is 1. The summed E-state index contributed by atoms with van der Waals surface area (Å²) in [5.74, 6) is 0.679. The summed E-state index contributed by atoms with van der Waals surface area (Å²) in [5, 5.41) is 4.60. The van der Waals surface area contributed by atoms with Gasteiger partial charge in [0, 0.05) is 25.7 Å². The van der Waals surface area contributed by atoms with Crippen molar-refractivity contribution in [3.63, 3.8) is 0 Å². The Morgan fingerprint density at radius 2 is 2.19 bits per heavy atom. The van der Waals surface area contributed by atoms with E-state index >= 15 is 0 Å². The first-order chi connectivity index (χ1) is 10.0. The minimum absolute atomic E-state index is 0.637. The predicted octanol–water partition coefficient (Wildman–Crippen LogP) is 2.95. The van der Waals surface area contributed by atoms with E-state index in [1.54, 1.807) is 0 Å². The number of aryl methyl sites for hydroxylation is 2. The van der Waals surface area contributed by atoms with Gasteiger partial charge in [-0.25, -0.2) is 4.68 Å². The molecule has 3 rings (SSSR count). The molecule has 0 saturated carbocycles. The van der Waals surface area contributed by atoms with Crippen molar-refractivity contribution in [2.75, 3.05) is 13.1 Å². The van der Waals surface area contributed by atoms with Crippen LogP contribution in [0.15, 0.2) is 0 Å². The highest BCUT2D eigenvalue weighted by Crippen LogP contribution is 2.24. The van der Waals surface area contributed by atoms with Crippen LogP contribution in [-0.2, 0) is 13.1 Å². The molecule has 0 aromatic carbocycles. The Labute approximate surface area is 130 Å². The molecule has 0 spiro atoms. The van der Waals surface area contributed by atoms with E-state index in [-0.39, 0.29) is 0 Å². The zero-order valence-electron chi connectivity index (χ0n) is 13.4. The van der Waals surface area contributed by atoms with Gasteiger partial charge in [-0.05, 0) is 58.8 Å². The number of nitrogens with zero attached hydrogens (tertiary/aromatic N) is 4. The molecule has 116 valence electrons. The minimum Gasteiger partial charge on any atom is -0.328 e. The second kappa shape index (κ2) is 5.57. The highest BCUT2D eigenvalue weighted by Gasteiger charge is 2.26. The molecule has 0 amide bonds. The first kappa shape index (κ1) is 14.8. The standard InChI is InChI=1S/C15H25N5S/c1-5-20-14-13(11(4)17-20)16-15(21)19(14)9-12-6-7-18(8-12)10(2)3/h10,12H,5-9H2,1-4H3,(H,16,21). The fourth-order valence-electron chi connectivity index (χ4n) is 3.39. The first-order valence-electron chi connectivity index (χ1n) is 7.91. The van der Waals surface area contributed by atoms with E-state index < -0.39 is 0 Å². The Morgan fingerprint density at radius 1 is 1.43 bits per heavy atom. The van der Waals surface area contributed by atoms with Crippen LogP contribution in [0.1, 0.15) is 32.9 Å². The molecular weight excluding hydrogens is 282 g/mol. The lowest BCUT2D eigenvalue weighted by molar-refractivity contribution is 0.261. The second-order valence-corrected chi connectivity index (χ2v) is 6.77. The molecule has 1 unspecified atom stereocenters. The summed E-state index contributed by atoms with van der Waals surface area (Å²) in [6.07, 6.45) is 1.26. The maximum absolute atomic E-state index is 5.54. The maximum Gasteiger partial charge on any atom is 0.179 e. The van der Waals surface area contributed by atoms with Crippen LogP contribution in [0.3, 0.4) is 0 Å². The van der Waals surface area contributed by atoms with Crippen LogP contribution in [0.5, 0.6) is 0 Å². The average Bonchev–Trinajstić information content (AvgIpc) is 3.09. The number of imidazole rings is 1. The van der Waals surface area contributed by atoms with E-state index in [0.29, 0.717) is 12.0 Å². The number of rotatable bonds is 4. The summed E-state index contributed by atoms with van der Waals surface area (Å²) in [6, 6.07) is 0.637. The fourth-order valence-corrected chi connectivity index (χ4v) is 3.65. The molecule has 1 atom stereocenters. The van der Waals surface area contributed by atoms with Gasteiger partial charge in [-0.15, -0.1) is 0 Å². The van der Waals surface area contributed by atoms with Gasteiger partial charge in [0.2, 0.25) is 0 Å². The van der Waals surface area contributed by atoms with Crippen molar-refractivity contribution >= 4 is 23.4 Å². The molecule has 21 heavy (non-hydrogen) atoms. The van der Waals surface area contributed by atoms with Crippen molar-refractivity contribution in [3.8, 4) is 0 Å². The van der Waals surface area contributed by atoms with Crippen molar-refractivity contribution in [1.82, 2.24) is 24.2 Å². The molecular formula is C15H25N5S. The summed E-state index contributed by atoms with van der Waals surface area (Å²) >= 11 is 5.54. The van der Waals surface area contributed by atoms with E-state index in [1.807, 2.05) is 6.92 Å². The van der Waals surface area contributed by atoms with E-state index in [0.717, 1.165) is 34.7 Å². The molecule has 5 nitrogen and oxygen atoms in total. The van der Waals surface area contributed by atoms with Crippen LogP contribution < -0.4 is 0 Å². The van der Waals surface area contributed by atoms with Crippen LogP contribution in [0.4, 0.5) is 0 Å². The zero-order chi connectivity index (χ0) is 15.1. The molecule has 1 aliphatic rings. The van der Waals surface area contributed by atoms with E-state index in [9.17, 15) is 0 Å². The van der Waals surface area contributed by atoms with Crippen LogP contribution in [0.25, 0.3) is 11.2 Å². The number of fused-ring (bicyclic) bond motifs is 1. The van der Waals surface area contributed by atoms with Gasteiger partial charge in [-0.2, -0.15) is 5.10 Å². The smallest absolute Gasteiger partial charge is 0.179 e. The van der Waals surface area contributed by atoms with Gasteiger partial charge in [0.25, 0.3) is 0 Å². The molecule has 2 aromatic heterocycles. The van der Waals surface area contributed by atoms with Gasteiger partial charge in [-0.1, -0.05) is 0 Å².